The quantitative estimate of drug-likeness (QED) is 0.261. The lowest BCUT2D eigenvalue weighted by atomic mass is 9.78. The number of rotatable bonds is 2. The van der Waals surface area contributed by atoms with Crippen LogP contribution in [0.5, 0.6) is 0 Å². The molecule has 0 fully saturated rings. The van der Waals surface area contributed by atoms with Crippen molar-refractivity contribution in [2.45, 2.75) is 32.1 Å². The standard InChI is InChI=1S/C33H26BNO3/c1-33(2)25-13-5-3-9-19(25)23-17-24-20-10-4-6-15-28(20)35(30(24)18-26(23)33)29-16-8-12-22-21-11-7-14-27(34(36)37)31(21)38-32(22)29/h3-4,6-12,14-18,36-37H,5,13H2,1-2H3. The first-order valence-corrected chi connectivity index (χ1v) is 13.2. The maximum atomic E-state index is 9.99. The van der Waals surface area contributed by atoms with Crippen LogP contribution in [0.4, 0.5) is 0 Å². The lowest BCUT2D eigenvalue weighted by Crippen LogP contribution is -2.29. The van der Waals surface area contributed by atoms with Crippen LogP contribution in [0.15, 0.2) is 94.9 Å². The summed E-state index contributed by atoms with van der Waals surface area (Å²) in [4.78, 5) is 0. The first kappa shape index (κ1) is 22.0. The molecule has 0 unspecified atom stereocenters. The van der Waals surface area contributed by atoms with Crippen molar-refractivity contribution >= 4 is 61.9 Å². The average Bonchev–Trinajstić information content (AvgIpc) is 3.54. The molecular weight excluding hydrogens is 469 g/mol. The Morgan fingerprint density at radius 3 is 2.42 bits per heavy atom. The molecule has 0 saturated carbocycles. The Morgan fingerprint density at radius 1 is 0.816 bits per heavy atom. The van der Waals surface area contributed by atoms with E-state index in [1.807, 2.05) is 18.2 Å². The largest absolute Gasteiger partial charge is 0.492 e. The van der Waals surface area contributed by atoms with Crippen molar-refractivity contribution in [3.05, 3.63) is 102 Å². The summed E-state index contributed by atoms with van der Waals surface area (Å²) in [6.45, 7) is 4.71. The Balaban J connectivity index is 1.49. The van der Waals surface area contributed by atoms with Gasteiger partial charge in [0, 0.05) is 32.4 Å². The highest BCUT2D eigenvalue weighted by Gasteiger charge is 2.38. The number of benzene rings is 4. The number of fused-ring (bicyclic) bond motifs is 8. The zero-order valence-corrected chi connectivity index (χ0v) is 21.3. The lowest BCUT2D eigenvalue weighted by molar-refractivity contribution is 0.425. The number of hydrogen-bond donors (Lipinski definition) is 2. The SMILES string of the molecule is CC1(C)C2=C(C=CCC2)c2cc3c4ccccc4n(-c4cccc5c4oc4c(B(O)O)cccc45)c3cc21. The van der Waals surface area contributed by atoms with Gasteiger partial charge in [-0.1, -0.05) is 80.1 Å². The Labute approximate surface area is 220 Å². The van der Waals surface area contributed by atoms with Gasteiger partial charge in [-0.3, -0.25) is 0 Å². The Morgan fingerprint density at radius 2 is 1.58 bits per heavy atom. The number of para-hydroxylation sites is 3. The van der Waals surface area contributed by atoms with Gasteiger partial charge in [0.15, 0.2) is 5.58 Å². The molecule has 0 bridgehead atoms. The second kappa shape index (κ2) is 7.50. The summed E-state index contributed by atoms with van der Waals surface area (Å²) < 4.78 is 8.76. The molecule has 0 radical (unpaired) electrons. The van der Waals surface area contributed by atoms with E-state index in [4.69, 9.17) is 4.42 Å². The van der Waals surface area contributed by atoms with Gasteiger partial charge in [-0.15, -0.1) is 0 Å². The summed E-state index contributed by atoms with van der Waals surface area (Å²) in [5, 5.41) is 24.2. The van der Waals surface area contributed by atoms with E-state index in [0.29, 0.717) is 11.0 Å². The normalized spacial score (nSPS) is 16.2. The highest BCUT2D eigenvalue weighted by molar-refractivity contribution is 6.61. The van der Waals surface area contributed by atoms with E-state index < -0.39 is 7.12 Å². The molecule has 5 heteroatoms. The predicted molar refractivity (Wildman–Crippen MR) is 156 cm³/mol. The smallest absolute Gasteiger partial charge is 0.454 e. The van der Waals surface area contributed by atoms with E-state index in [-0.39, 0.29) is 5.41 Å². The summed E-state index contributed by atoms with van der Waals surface area (Å²) in [6, 6.07) is 25.0. The van der Waals surface area contributed by atoms with Crippen LogP contribution in [0.25, 0.3) is 55.0 Å². The molecule has 2 aliphatic rings. The van der Waals surface area contributed by atoms with Crippen molar-refractivity contribution in [2.75, 3.05) is 0 Å². The van der Waals surface area contributed by atoms with Crippen LogP contribution in [0, 0.1) is 0 Å². The zero-order chi connectivity index (χ0) is 25.8. The molecule has 0 atom stereocenters. The summed E-state index contributed by atoms with van der Waals surface area (Å²) >= 11 is 0. The van der Waals surface area contributed by atoms with E-state index in [2.05, 4.69) is 79.1 Å². The van der Waals surface area contributed by atoms with Crippen LogP contribution in [0.3, 0.4) is 0 Å². The van der Waals surface area contributed by atoms with Gasteiger partial charge in [-0.25, -0.2) is 0 Å². The number of furan rings is 1. The van der Waals surface area contributed by atoms with Crippen molar-refractivity contribution in [3.63, 3.8) is 0 Å². The number of aromatic nitrogens is 1. The van der Waals surface area contributed by atoms with Crippen molar-refractivity contribution < 1.29 is 14.5 Å². The van der Waals surface area contributed by atoms with Crippen LogP contribution in [0.2, 0.25) is 0 Å². The summed E-state index contributed by atoms with van der Waals surface area (Å²) in [6.07, 6.45) is 6.83. The molecule has 38 heavy (non-hydrogen) atoms. The Hall–Kier alpha value is -4.06. The minimum Gasteiger partial charge on any atom is -0.454 e. The van der Waals surface area contributed by atoms with Crippen molar-refractivity contribution in [1.29, 1.82) is 0 Å². The summed E-state index contributed by atoms with van der Waals surface area (Å²) in [7, 11) is -1.60. The van der Waals surface area contributed by atoms with Crippen molar-refractivity contribution in [1.82, 2.24) is 4.57 Å². The van der Waals surface area contributed by atoms with Gasteiger partial charge in [0.1, 0.15) is 5.58 Å². The molecule has 0 amide bonds. The van der Waals surface area contributed by atoms with E-state index in [0.717, 1.165) is 45.9 Å². The maximum absolute atomic E-state index is 9.99. The molecule has 0 saturated heterocycles. The molecule has 4 nitrogen and oxygen atoms in total. The third-order valence-corrected chi connectivity index (χ3v) is 8.75. The fraction of sp³-hybridized carbons (Fsp3) is 0.152. The molecule has 0 spiro atoms. The van der Waals surface area contributed by atoms with Gasteiger partial charge in [0.2, 0.25) is 0 Å². The molecule has 2 heterocycles. The van der Waals surface area contributed by atoms with Crippen LogP contribution in [-0.2, 0) is 5.41 Å². The van der Waals surface area contributed by atoms with Gasteiger partial charge in [-0.05, 0) is 53.8 Å². The Bertz CT molecular complexity index is 2040. The van der Waals surface area contributed by atoms with Gasteiger partial charge in [0.05, 0.1) is 16.7 Å². The van der Waals surface area contributed by atoms with Gasteiger partial charge in [-0.2, -0.15) is 0 Å². The molecule has 2 N–H and O–H groups in total. The fourth-order valence-corrected chi connectivity index (χ4v) is 6.95. The van der Waals surface area contributed by atoms with Crippen LogP contribution < -0.4 is 5.46 Å². The second-order valence-corrected chi connectivity index (χ2v) is 11.1. The van der Waals surface area contributed by atoms with Gasteiger partial charge < -0.3 is 19.0 Å². The molecule has 4 aromatic carbocycles. The average molecular weight is 495 g/mol. The van der Waals surface area contributed by atoms with Crippen molar-refractivity contribution in [3.8, 4) is 5.69 Å². The minimum atomic E-state index is -1.60. The molecule has 0 aliphatic heterocycles. The maximum Gasteiger partial charge on any atom is 0.492 e. The third kappa shape index (κ3) is 2.73. The molecule has 8 rings (SSSR count). The van der Waals surface area contributed by atoms with Gasteiger partial charge in [0.25, 0.3) is 0 Å². The molecule has 2 aromatic heterocycles. The first-order valence-electron chi connectivity index (χ1n) is 13.2. The fourth-order valence-electron chi connectivity index (χ4n) is 6.95. The van der Waals surface area contributed by atoms with E-state index in [9.17, 15) is 10.0 Å². The van der Waals surface area contributed by atoms with E-state index >= 15 is 0 Å². The molecule has 2 aliphatic carbocycles. The predicted octanol–water partition coefficient (Wildman–Crippen LogP) is 6.76. The Kier molecular flexibility index (Phi) is 4.34. The van der Waals surface area contributed by atoms with Crippen LogP contribution >= 0.6 is 0 Å². The number of hydrogen-bond acceptors (Lipinski definition) is 3. The first-order chi connectivity index (χ1) is 18.4. The molecule has 184 valence electrons. The van der Waals surface area contributed by atoms with E-state index in [1.165, 1.54) is 33.0 Å². The molecule has 6 aromatic rings. The highest BCUT2D eigenvalue weighted by atomic mass is 16.4. The van der Waals surface area contributed by atoms with Crippen molar-refractivity contribution in [2.24, 2.45) is 0 Å². The topological polar surface area (TPSA) is 58.5 Å². The van der Waals surface area contributed by atoms with E-state index in [1.54, 1.807) is 6.07 Å². The third-order valence-electron chi connectivity index (χ3n) is 8.75. The van der Waals surface area contributed by atoms with Gasteiger partial charge >= 0.3 is 7.12 Å². The number of nitrogens with zero attached hydrogens (tertiary/aromatic N) is 1. The summed E-state index contributed by atoms with van der Waals surface area (Å²) in [5.41, 5.74) is 10.4. The monoisotopic (exact) mass is 495 g/mol. The van der Waals surface area contributed by atoms with Crippen LogP contribution in [-0.4, -0.2) is 21.7 Å². The zero-order valence-electron chi connectivity index (χ0n) is 21.3. The lowest BCUT2D eigenvalue weighted by Gasteiger charge is -2.25. The highest BCUT2D eigenvalue weighted by Crippen LogP contribution is 2.52. The second-order valence-electron chi connectivity index (χ2n) is 11.1. The summed E-state index contributed by atoms with van der Waals surface area (Å²) in [5.74, 6) is 0. The van der Waals surface area contributed by atoms with Crippen LogP contribution in [0.1, 0.15) is 37.8 Å². The molecular formula is C33H26BNO3. The number of allylic oxidation sites excluding steroid dienone is 4. The minimum absolute atomic E-state index is 0.0254.